The molecule has 3 aromatic rings. The van der Waals surface area contributed by atoms with Gasteiger partial charge < -0.3 is 4.57 Å². The van der Waals surface area contributed by atoms with Crippen LogP contribution in [0.15, 0.2) is 53.3 Å². The maximum atomic E-state index is 13.8. The van der Waals surface area contributed by atoms with Gasteiger partial charge in [0.1, 0.15) is 5.82 Å². The third-order valence-electron chi connectivity index (χ3n) is 3.51. The Morgan fingerprint density at radius 2 is 1.87 bits per heavy atom. The van der Waals surface area contributed by atoms with Crippen molar-refractivity contribution in [2.45, 2.75) is 13.0 Å². The monoisotopic (exact) mass is 380 g/mol. The lowest BCUT2D eigenvalue weighted by Gasteiger charge is -2.09. The molecule has 0 aliphatic heterocycles. The molecule has 6 heteroatoms. The summed E-state index contributed by atoms with van der Waals surface area (Å²) >= 11 is 3.41. The van der Waals surface area contributed by atoms with Crippen molar-refractivity contribution in [1.82, 2.24) is 9.55 Å². The number of hydrogen-bond acceptors (Lipinski definition) is 1. The van der Waals surface area contributed by atoms with Crippen molar-refractivity contribution in [3.05, 3.63) is 87.7 Å². The Labute approximate surface area is 139 Å². The van der Waals surface area contributed by atoms with E-state index in [2.05, 4.69) is 20.9 Å². The van der Waals surface area contributed by atoms with E-state index >= 15 is 0 Å². The van der Waals surface area contributed by atoms with Crippen molar-refractivity contribution >= 4 is 15.9 Å². The second-order valence-corrected chi connectivity index (χ2v) is 6.03. The third-order valence-corrected chi connectivity index (χ3v) is 4.00. The highest BCUT2D eigenvalue weighted by molar-refractivity contribution is 9.10. The molecule has 2 nitrogen and oxygen atoms in total. The zero-order chi connectivity index (χ0) is 16.4. The molecule has 1 heterocycles. The van der Waals surface area contributed by atoms with E-state index in [-0.39, 0.29) is 12.0 Å². The zero-order valence-electron chi connectivity index (χ0n) is 11.9. The standard InChI is InChI=1S/C17H12BrF3N2/c18-13-3-1-2-11(8-13)10-23-7-6-22-15(23)9-12-4-5-14(19)17(21)16(12)20/h1-8H,9-10H2. The fraction of sp³-hybridized carbons (Fsp3) is 0.118. The summed E-state index contributed by atoms with van der Waals surface area (Å²) in [6.45, 7) is 0.556. The Morgan fingerprint density at radius 1 is 1.04 bits per heavy atom. The number of halogens is 4. The van der Waals surface area contributed by atoms with E-state index in [1.807, 2.05) is 28.8 Å². The smallest absolute Gasteiger partial charge is 0.194 e. The maximum absolute atomic E-state index is 13.8. The highest BCUT2D eigenvalue weighted by Gasteiger charge is 2.15. The summed E-state index contributed by atoms with van der Waals surface area (Å²) < 4.78 is 43.0. The van der Waals surface area contributed by atoms with Gasteiger partial charge in [-0.05, 0) is 29.3 Å². The molecule has 0 saturated carbocycles. The molecular weight excluding hydrogens is 369 g/mol. The average molecular weight is 381 g/mol. The summed E-state index contributed by atoms with van der Waals surface area (Å²) in [7, 11) is 0. The normalized spacial score (nSPS) is 11.0. The lowest BCUT2D eigenvalue weighted by Crippen LogP contribution is -2.07. The van der Waals surface area contributed by atoms with Crippen LogP contribution in [-0.4, -0.2) is 9.55 Å². The van der Waals surface area contributed by atoms with E-state index in [1.54, 1.807) is 12.4 Å². The van der Waals surface area contributed by atoms with E-state index in [4.69, 9.17) is 0 Å². The SMILES string of the molecule is Fc1ccc(Cc2nccn2Cc2cccc(Br)c2)c(F)c1F. The Balaban J connectivity index is 1.86. The minimum absolute atomic E-state index is 0.0746. The highest BCUT2D eigenvalue weighted by atomic mass is 79.9. The van der Waals surface area contributed by atoms with Crippen molar-refractivity contribution in [3.8, 4) is 0 Å². The van der Waals surface area contributed by atoms with Gasteiger partial charge in [0.15, 0.2) is 17.5 Å². The van der Waals surface area contributed by atoms with Crippen LogP contribution in [0.5, 0.6) is 0 Å². The van der Waals surface area contributed by atoms with Gasteiger partial charge in [0, 0.05) is 29.8 Å². The van der Waals surface area contributed by atoms with Crippen LogP contribution >= 0.6 is 15.9 Å². The molecule has 0 atom stereocenters. The first-order valence-corrected chi connectivity index (χ1v) is 7.70. The molecule has 0 aliphatic rings. The molecule has 1 aromatic heterocycles. The topological polar surface area (TPSA) is 17.8 Å². The van der Waals surface area contributed by atoms with Gasteiger partial charge in [0.05, 0.1) is 0 Å². The van der Waals surface area contributed by atoms with Crippen LogP contribution in [0, 0.1) is 17.5 Å². The van der Waals surface area contributed by atoms with Crippen LogP contribution < -0.4 is 0 Å². The summed E-state index contributed by atoms with van der Waals surface area (Å²) in [5.41, 5.74) is 1.12. The van der Waals surface area contributed by atoms with E-state index in [0.29, 0.717) is 12.4 Å². The molecule has 0 aliphatic carbocycles. The molecule has 0 radical (unpaired) electrons. The maximum Gasteiger partial charge on any atom is 0.194 e. The van der Waals surface area contributed by atoms with Gasteiger partial charge in [-0.2, -0.15) is 0 Å². The summed E-state index contributed by atoms with van der Waals surface area (Å²) in [5.74, 6) is -3.23. The predicted octanol–water partition coefficient (Wildman–Crippen LogP) is 4.70. The molecule has 23 heavy (non-hydrogen) atoms. The Bertz CT molecular complexity index is 846. The summed E-state index contributed by atoms with van der Waals surface area (Å²) in [6.07, 6.45) is 3.46. The van der Waals surface area contributed by atoms with Crippen LogP contribution in [0.2, 0.25) is 0 Å². The fourth-order valence-corrected chi connectivity index (χ4v) is 2.80. The van der Waals surface area contributed by atoms with E-state index in [0.717, 1.165) is 16.1 Å². The first-order chi connectivity index (χ1) is 11.0. The quantitative estimate of drug-likeness (QED) is 0.599. The summed E-state index contributed by atoms with van der Waals surface area (Å²) in [5, 5.41) is 0. The number of benzene rings is 2. The van der Waals surface area contributed by atoms with Crippen LogP contribution in [-0.2, 0) is 13.0 Å². The number of nitrogens with zero attached hydrogens (tertiary/aromatic N) is 2. The lowest BCUT2D eigenvalue weighted by molar-refractivity contribution is 0.441. The van der Waals surface area contributed by atoms with Gasteiger partial charge in [-0.3, -0.25) is 0 Å². The van der Waals surface area contributed by atoms with Gasteiger partial charge in [0.25, 0.3) is 0 Å². The molecule has 0 amide bonds. The largest absolute Gasteiger partial charge is 0.330 e. The average Bonchev–Trinajstić information content (AvgIpc) is 2.95. The zero-order valence-corrected chi connectivity index (χ0v) is 13.5. The minimum atomic E-state index is -1.45. The van der Waals surface area contributed by atoms with Crippen LogP contribution in [0.4, 0.5) is 13.2 Å². The lowest BCUT2D eigenvalue weighted by atomic mass is 10.1. The Morgan fingerprint density at radius 3 is 2.65 bits per heavy atom. The van der Waals surface area contributed by atoms with Crippen molar-refractivity contribution in [3.63, 3.8) is 0 Å². The Kier molecular flexibility index (Phi) is 4.52. The van der Waals surface area contributed by atoms with E-state index in [9.17, 15) is 13.2 Å². The van der Waals surface area contributed by atoms with Gasteiger partial charge in [-0.15, -0.1) is 0 Å². The number of imidazole rings is 1. The molecule has 0 N–H and O–H groups in total. The van der Waals surface area contributed by atoms with Crippen LogP contribution in [0.1, 0.15) is 17.0 Å². The second-order valence-electron chi connectivity index (χ2n) is 5.11. The molecule has 0 saturated heterocycles. The molecule has 3 rings (SSSR count). The van der Waals surface area contributed by atoms with Gasteiger partial charge in [-0.1, -0.05) is 34.1 Å². The first kappa shape index (κ1) is 15.8. The summed E-state index contributed by atoms with van der Waals surface area (Å²) in [6, 6.07) is 9.95. The minimum Gasteiger partial charge on any atom is -0.330 e. The summed E-state index contributed by atoms with van der Waals surface area (Å²) in [4.78, 5) is 4.19. The van der Waals surface area contributed by atoms with Gasteiger partial charge in [0.2, 0.25) is 0 Å². The van der Waals surface area contributed by atoms with Crippen molar-refractivity contribution in [2.75, 3.05) is 0 Å². The van der Waals surface area contributed by atoms with Crippen LogP contribution in [0.25, 0.3) is 0 Å². The van der Waals surface area contributed by atoms with E-state index < -0.39 is 17.5 Å². The second kappa shape index (κ2) is 6.58. The molecule has 0 fully saturated rings. The Hall–Kier alpha value is -2.08. The van der Waals surface area contributed by atoms with Crippen molar-refractivity contribution in [2.24, 2.45) is 0 Å². The highest BCUT2D eigenvalue weighted by Crippen LogP contribution is 2.19. The fourth-order valence-electron chi connectivity index (χ4n) is 2.36. The molecule has 2 aromatic carbocycles. The molecule has 0 bridgehead atoms. The molecule has 0 spiro atoms. The van der Waals surface area contributed by atoms with Gasteiger partial charge >= 0.3 is 0 Å². The number of hydrogen-bond donors (Lipinski definition) is 0. The molecule has 118 valence electrons. The molecular formula is C17H12BrF3N2. The number of aromatic nitrogens is 2. The first-order valence-electron chi connectivity index (χ1n) is 6.91. The van der Waals surface area contributed by atoms with Crippen molar-refractivity contribution in [1.29, 1.82) is 0 Å². The third kappa shape index (κ3) is 3.47. The van der Waals surface area contributed by atoms with Crippen LogP contribution in [0.3, 0.4) is 0 Å². The van der Waals surface area contributed by atoms with Gasteiger partial charge in [-0.25, -0.2) is 18.2 Å². The van der Waals surface area contributed by atoms with E-state index in [1.165, 1.54) is 6.07 Å². The predicted molar refractivity (Wildman–Crippen MR) is 84.6 cm³/mol. The number of rotatable bonds is 4. The molecule has 0 unspecified atom stereocenters. The van der Waals surface area contributed by atoms with Crippen molar-refractivity contribution < 1.29 is 13.2 Å².